The number of carboxylic acids is 1. The molecule has 2 aliphatic rings. The molecule has 0 spiro atoms. The third kappa shape index (κ3) is 6.34. The van der Waals surface area contributed by atoms with Gasteiger partial charge in [0.15, 0.2) is 5.76 Å². The van der Waals surface area contributed by atoms with Crippen molar-refractivity contribution in [3.8, 4) is 5.75 Å². The van der Waals surface area contributed by atoms with Crippen LogP contribution < -0.4 is 10.1 Å². The Morgan fingerprint density at radius 2 is 1.79 bits per heavy atom. The second kappa shape index (κ2) is 11.3. The van der Waals surface area contributed by atoms with Crippen molar-refractivity contribution in [3.05, 3.63) is 89.1 Å². The summed E-state index contributed by atoms with van der Waals surface area (Å²) in [6.07, 6.45) is -5.08. The van der Waals surface area contributed by atoms with Crippen LogP contribution >= 0.6 is 0 Å². The van der Waals surface area contributed by atoms with Gasteiger partial charge in [0.2, 0.25) is 0 Å². The molecule has 2 heterocycles. The van der Waals surface area contributed by atoms with Crippen molar-refractivity contribution in [2.24, 2.45) is 5.92 Å². The minimum atomic E-state index is -5.08. The molecule has 1 aliphatic heterocycles. The summed E-state index contributed by atoms with van der Waals surface area (Å²) in [5.74, 6) is -0.953. The summed E-state index contributed by atoms with van der Waals surface area (Å²) in [7, 11) is 0. The summed E-state index contributed by atoms with van der Waals surface area (Å²) in [4.78, 5) is 24.0. The molecule has 0 unspecified atom stereocenters. The second-order valence-electron chi connectivity index (χ2n) is 9.13. The first-order valence-corrected chi connectivity index (χ1v) is 11.9. The third-order valence-corrected chi connectivity index (χ3v) is 6.57. The van der Waals surface area contributed by atoms with Gasteiger partial charge in [0.05, 0.1) is 6.04 Å². The number of carbonyl (C=O) groups is 2. The number of halogens is 4. The van der Waals surface area contributed by atoms with Gasteiger partial charge in [-0.1, -0.05) is 30.3 Å². The molecule has 1 aliphatic carbocycles. The van der Waals surface area contributed by atoms with Crippen LogP contribution in [0.5, 0.6) is 5.75 Å². The van der Waals surface area contributed by atoms with Crippen LogP contribution in [-0.2, 0) is 4.79 Å². The number of ether oxygens (including phenoxy) is 1. The average molecular weight is 535 g/mol. The lowest BCUT2D eigenvalue weighted by atomic mass is 9.94. The Morgan fingerprint density at radius 1 is 1.08 bits per heavy atom. The van der Waals surface area contributed by atoms with E-state index in [1.807, 2.05) is 13.0 Å². The zero-order valence-corrected chi connectivity index (χ0v) is 20.4. The number of nitrogens with one attached hydrogen (secondary N) is 1. The minimum absolute atomic E-state index is 0.0479. The number of aryl methyl sites for hydroxylation is 1. The standard InChI is InChI=1S/C25H25FN2O3.C2HF3O2/c1-16-9-10-23(31-16)25(29)27-24-20-8-3-2-7-19(20)21-14-28(15-22(21)24)11-12-30-18-6-4-5-17(26)13-18;3-2(4,5)1(6)7/h2-10,13,21-22,24H,11-12,14-15H2,1H3,(H,27,29);(H,6,7)/t21-,22-,24+;/m0./s1. The number of aliphatic carboxylic acids is 1. The zero-order chi connectivity index (χ0) is 27.4. The van der Waals surface area contributed by atoms with E-state index in [1.54, 1.807) is 24.3 Å². The molecule has 202 valence electrons. The summed E-state index contributed by atoms with van der Waals surface area (Å²) >= 11 is 0. The molecular formula is C27H26F4N2O5. The summed E-state index contributed by atoms with van der Waals surface area (Å²) < 4.78 is 56.3. The number of alkyl halides is 3. The summed E-state index contributed by atoms with van der Waals surface area (Å²) in [6, 6.07) is 18.1. The number of fused-ring (bicyclic) bond motifs is 3. The van der Waals surface area contributed by atoms with Crippen LogP contribution in [0, 0.1) is 18.7 Å². The highest BCUT2D eigenvalue weighted by Crippen LogP contribution is 2.49. The normalized spacial score (nSPS) is 20.2. The Hall–Kier alpha value is -3.86. The van der Waals surface area contributed by atoms with Gasteiger partial charge in [0.1, 0.15) is 23.9 Å². The van der Waals surface area contributed by atoms with Crippen LogP contribution in [0.25, 0.3) is 0 Å². The van der Waals surface area contributed by atoms with E-state index >= 15 is 0 Å². The molecular weight excluding hydrogens is 508 g/mol. The van der Waals surface area contributed by atoms with E-state index in [9.17, 15) is 22.4 Å². The zero-order valence-electron chi connectivity index (χ0n) is 20.4. The van der Waals surface area contributed by atoms with Crippen molar-refractivity contribution in [2.45, 2.75) is 25.1 Å². The number of nitrogens with zero attached hydrogens (tertiary/aromatic N) is 1. The van der Waals surface area contributed by atoms with Gasteiger partial charge in [0, 0.05) is 37.5 Å². The van der Waals surface area contributed by atoms with Crippen LogP contribution in [0.2, 0.25) is 0 Å². The number of likely N-dealkylation sites (tertiary alicyclic amines) is 1. The number of benzene rings is 2. The Labute approximate surface area is 216 Å². The summed E-state index contributed by atoms with van der Waals surface area (Å²) in [5, 5.41) is 10.3. The van der Waals surface area contributed by atoms with Crippen LogP contribution in [0.3, 0.4) is 0 Å². The van der Waals surface area contributed by atoms with Crippen LogP contribution in [0.15, 0.2) is 65.1 Å². The van der Waals surface area contributed by atoms with Crippen molar-refractivity contribution in [3.63, 3.8) is 0 Å². The van der Waals surface area contributed by atoms with E-state index < -0.39 is 12.1 Å². The van der Waals surface area contributed by atoms with Gasteiger partial charge in [-0.25, -0.2) is 9.18 Å². The van der Waals surface area contributed by atoms with Crippen LogP contribution in [-0.4, -0.2) is 54.3 Å². The molecule has 1 aromatic heterocycles. The molecule has 2 aromatic carbocycles. The molecule has 0 radical (unpaired) electrons. The van der Waals surface area contributed by atoms with E-state index in [0.29, 0.717) is 30.0 Å². The molecule has 1 saturated heterocycles. The fourth-order valence-corrected chi connectivity index (χ4v) is 4.93. The monoisotopic (exact) mass is 534 g/mol. The minimum Gasteiger partial charge on any atom is -0.492 e. The summed E-state index contributed by atoms with van der Waals surface area (Å²) in [5.41, 5.74) is 2.51. The topological polar surface area (TPSA) is 92.0 Å². The lowest BCUT2D eigenvalue weighted by Gasteiger charge is -2.22. The molecule has 0 bridgehead atoms. The lowest BCUT2D eigenvalue weighted by Crippen LogP contribution is -2.34. The van der Waals surface area contributed by atoms with E-state index in [1.165, 1.54) is 23.3 Å². The van der Waals surface area contributed by atoms with Gasteiger partial charge in [-0.3, -0.25) is 9.69 Å². The maximum Gasteiger partial charge on any atom is 0.490 e. The van der Waals surface area contributed by atoms with Gasteiger partial charge >= 0.3 is 12.1 Å². The largest absolute Gasteiger partial charge is 0.492 e. The predicted molar refractivity (Wildman–Crippen MR) is 128 cm³/mol. The molecule has 5 rings (SSSR count). The molecule has 1 amide bonds. The number of carboxylic acid groups (broad SMARTS) is 1. The maximum atomic E-state index is 13.3. The summed E-state index contributed by atoms with van der Waals surface area (Å²) in [6.45, 7) is 4.86. The molecule has 3 aromatic rings. The molecule has 1 fully saturated rings. The van der Waals surface area contributed by atoms with Crippen LogP contribution in [0.1, 0.15) is 39.4 Å². The first-order valence-electron chi connectivity index (χ1n) is 11.9. The Morgan fingerprint density at radius 3 is 2.42 bits per heavy atom. The van der Waals surface area contributed by atoms with Crippen molar-refractivity contribution in [2.75, 3.05) is 26.2 Å². The quantitative estimate of drug-likeness (QED) is 0.436. The molecule has 38 heavy (non-hydrogen) atoms. The van der Waals surface area contributed by atoms with Crippen molar-refractivity contribution >= 4 is 11.9 Å². The number of amides is 1. The Kier molecular flexibility index (Phi) is 8.05. The van der Waals surface area contributed by atoms with Gasteiger partial charge in [-0.15, -0.1) is 0 Å². The highest BCUT2D eigenvalue weighted by atomic mass is 19.4. The van der Waals surface area contributed by atoms with Crippen LogP contribution in [0.4, 0.5) is 17.6 Å². The Bertz CT molecular complexity index is 1290. The fraction of sp³-hybridized carbons (Fsp3) is 0.333. The van der Waals surface area contributed by atoms with Crippen molar-refractivity contribution in [1.82, 2.24) is 10.2 Å². The van der Waals surface area contributed by atoms with E-state index in [4.69, 9.17) is 19.1 Å². The Balaban J connectivity index is 0.000000426. The van der Waals surface area contributed by atoms with Gasteiger partial charge in [-0.05, 0) is 42.3 Å². The van der Waals surface area contributed by atoms with Gasteiger partial charge in [-0.2, -0.15) is 13.2 Å². The van der Waals surface area contributed by atoms with Crippen molar-refractivity contribution in [1.29, 1.82) is 0 Å². The number of rotatable bonds is 6. The van der Waals surface area contributed by atoms with E-state index in [-0.39, 0.29) is 17.8 Å². The van der Waals surface area contributed by atoms with Crippen molar-refractivity contribution < 1.29 is 41.4 Å². The SMILES string of the molecule is Cc1ccc(C(=O)N[C@@H]2c3ccccc3[C@@H]3CN(CCOc4cccc(F)c4)C[C@H]23)o1.O=C(O)C(F)(F)F. The molecule has 0 saturated carbocycles. The molecule has 7 nitrogen and oxygen atoms in total. The molecule has 3 atom stereocenters. The maximum absolute atomic E-state index is 13.3. The fourth-order valence-electron chi connectivity index (χ4n) is 4.93. The first-order chi connectivity index (χ1) is 18.0. The molecule has 2 N–H and O–H groups in total. The lowest BCUT2D eigenvalue weighted by molar-refractivity contribution is -0.192. The van der Waals surface area contributed by atoms with E-state index in [0.717, 1.165) is 25.4 Å². The highest BCUT2D eigenvalue weighted by molar-refractivity contribution is 5.92. The van der Waals surface area contributed by atoms with Gasteiger partial charge in [0.25, 0.3) is 5.91 Å². The van der Waals surface area contributed by atoms with Gasteiger partial charge < -0.3 is 19.6 Å². The smallest absolute Gasteiger partial charge is 0.490 e. The number of carbonyl (C=O) groups excluding carboxylic acids is 1. The predicted octanol–water partition coefficient (Wildman–Crippen LogP) is 4.94. The van der Waals surface area contributed by atoms with E-state index in [2.05, 4.69) is 28.4 Å². The molecule has 11 heteroatoms. The highest BCUT2D eigenvalue weighted by Gasteiger charge is 2.46. The average Bonchev–Trinajstić information content (AvgIpc) is 3.55. The first kappa shape index (κ1) is 27.2. The second-order valence-corrected chi connectivity index (χ2v) is 9.13. The number of hydrogen-bond acceptors (Lipinski definition) is 5. The third-order valence-electron chi connectivity index (χ3n) is 6.57. The number of furan rings is 1. The number of hydrogen-bond donors (Lipinski definition) is 2.